The van der Waals surface area contributed by atoms with Gasteiger partial charge in [-0.1, -0.05) is 40.3 Å². The van der Waals surface area contributed by atoms with Crippen LogP contribution in [-0.2, 0) is 29.8 Å². The number of allylic oxidation sites excluding steroid dienone is 2. The molecule has 12 heteroatoms. The highest BCUT2D eigenvalue weighted by Crippen LogP contribution is 2.42. The van der Waals surface area contributed by atoms with Crippen LogP contribution in [-0.4, -0.2) is 70.2 Å². The molecule has 0 unspecified atom stereocenters. The Morgan fingerprint density at radius 1 is 1.06 bits per heavy atom. The first kappa shape index (κ1) is 38.7. The Balaban J connectivity index is 1.71. The molecule has 6 atom stereocenters. The van der Waals surface area contributed by atoms with Gasteiger partial charge in [0.05, 0.1) is 37.0 Å². The van der Waals surface area contributed by atoms with Crippen LogP contribution in [0.25, 0.3) is 11.0 Å². The van der Waals surface area contributed by atoms with Crippen molar-refractivity contribution in [2.45, 2.75) is 110 Å². The van der Waals surface area contributed by atoms with E-state index in [2.05, 4.69) is 23.1 Å². The number of hydrogen-bond acceptors (Lipinski definition) is 9. The van der Waals surface area contributed by atoms with Crippen molar-refractivity contribution < 1.29 is 42.1 Å². The topological polar surface area (TPSA) is 117 Å². The molecule has 2 aromatic rings. The predicted octanol–water partition coefficient (Wildman–Crippen LogP) is 7.19. The van der Waals surface area contributed by atoms with Crippen LogP contribution < -0.4 is 9.47 Å². The summed E-state index contributed by atoms with van der Waals surface area (Å²) in [6.07, 6.45) is 3.77. The Morgan fingerprint density at radius 3 is 2.34 bits per heavy atom. The fourth-order valence-corrected chi connectivity index (χ4v) is 6.41. The second kappa shape index (κ2) is 15.0. The maximum Gasteiger partial charge on any atom is 0.329 e. The fourth-order valence-electron chi connectivity index (χ4n) is 6.41. The van der Waals surface area contributed by atoms with Gasteiger partial charge in [0.25, 0.3) is 0 Å². The molecule has 274 valence electrons. The number of amides is 1. The molecular formula is C38H51F2N3O7. The number of esters is 2. The summed E-state index contributed by atoms with van der Waals surface area (Å²) in [6.45, 7) is 19.4. The summed E-state index contributed by atoms with van der Waals surface area (Å²) in [7, 11) is 1.47. The van der Waals surface area contributed by atoms with E-state index in [-0.39, 0.29) is 36.0 Å². The minimum atomic E-state index is -3.61. The molecule has 2 heterocycles. The summed E-state index contributed by atoms with van der Waals surface area (Å²) in [5, 5.41) is 0. The van der Waals surface area contributed by atoms with E-state index in [9.17, 15) is 14.4 Å². The van der Waals surface area contributed by atoms with Crippen LogP contribution in [0.4, 0.5) is 8.78 Å². The van der Waals surface area contributed by atoms with E-state index in [0.717, 1.165) is 19.3 Å². The lowest BCUT2D eigenvalue weighted by Gasteiger charge is -2.35. The maximum atomic E-state index is 15.3. The zero-order valence-corrected chi connectivity index (χ0v) is 30.5. The standard InChI is InChI=1S/C38H51F2N3O7/c1-11-14-15-22-18-28(22)48-30(44)20-25(36(4,5)6)34(45)43-21-29(24(12-2)31(43)35(46)50-37(7,8)9)49-33-32(38(39,40)13-3)41-26-17-16-23(47-10)19-27(26)42-33/h11,13,16-17,19,22,24-25,28-29,31H,1,3,12,14-15,18,20-21H2,2,4-10H3/t22-,24-,25-,28-,29+,31+/m1/s1. The molecule has 1 saturated heterocycles. The second-order valence-electron chi connectivity index (χ2n) is 15.3. The fraction of sp³-hybridized carbons (Fsp3) is 0.605. The van der Waals surface area contributed by atoms with Crippen LogP contribution in [0.3, 0.4) is 0 Å². The number of carbonyl (C=O) groups excluding carboxylic acids is 3. The van der Waals surface area contributed by atoms with Crippen molar-refractivity contribution in [1.29, 1.82) is 0 Å². The highest BCUT2D eigenvalue weighted by molar-refractivity contribution is 5.90. The largest absolute Gasteiger partial charge is 0.497 e. The van der Waals surface area contributed by atoms with Gasteiger partial charge in [-0.3, -0.25) is 9.59 Å². The molecule has 0 spiro atoms. The van der Waals surface area contributed by atoms with Crippen molar-refractivity contribution in [1.82, 2.24) is 14.9 Å². The zero-order valence-electron chi connectivity index (χ0n) is 30.5. The number of aromatic nitrogens is 2. The van der Waals surface area contributed by atoms with Gasteiger partial charge in [-0.2, -0.15) is 8.78 Å². The molecule has 1 amide bonds. The molecule has 1 aliphatic heterocycles. The minimum Gasteiger partial charge on any atom is -0.497 e. The Hall–Kier alpha value is -4.09. The van der Waals surface area contributed by atoms with Crippen LogP contribution in [0.15, 0.2) is 43.5 Å². The Kier molecular flexibility index (Phi) is 11.6. The van der Waals surface area contributed by atoms with Crippen molar-refractivity contribution in [3.8, 4) is 11.6 Å². The smallest absolute Gasteiger partial charge is 0.329 e. The van der Waals surface area contributed by atoms with Crippen molar-refractivity contribution >= 4 is 28.9 Å². The zero-order chi connectivity index (χ0) is 37.2. The van der Waals surface area contributed by atoms with E-state index in [1.165, 1.54) is 18.1 Å². The molecule has 1 saturated carbocycles. The van der Waals surface area contributed by atoms with Crippen molar-refractivity contribution in [2.24, 2.45) is 23.2 Å². The average Bonchev–Trinajstić information content (AvgIpc) is 3.66. The number of nitrogens with zero attached hydrogens (tertiary/aromatic N) is 3. The molecule has 2 aliphatic rings. The molecule has 10 nitrogen and oxygen atoms in total. The number of carbonyl (C=O) groups is 3. The summed E-state index contributed by atoms with van der Waals surface area (Å²) >= 11 is 0. The molecule has 50 heavy (non-hydrogen) atoms. The number of likely N-dealkylation sites (tertiary alicyclic amines) is 1. The third kappa shape index (κ3) is 8.98. The first-order chi connectivity index (χ1) is 23.3. The van der Waals surface area contributed by atoms with Crippen LogP contribution in [0.5, 0.6) is 11.6 Å². The molecule has 1 aliphatic carbocycles. The van der Waals surface area contributed by atoms with Gasteiger partial charge in [0, 0.05) is 12.0 Å². The highest BCUT2D eigenvalue weighted by atomic mass is 19.3. The summed E-state index contributed by atoms with van der Waals surface area (Å²) < 4.78 is 53.7. The molecule has 1 aromatic heterocycles. The lowest BCUT2D eigenvalue weighted by atomic mass is 9.77. The Morgan fingerprint density at radius 2 is 1.76 bits per heavy atom. The van der Waals surface area contributed by atoms with Crippen LogP contribution in [0, 0.1) is 23.2 Å². The maximum absolute atomic E-state index is 15.3. The number of benzene rings is 1. The van der Waals surface area contributed by atoms with Crippen molar-refractivity contribution in [3.63, 3.8) is 0 Å². The molecule has 0 radical (unpaired) electrons. The van der Waals surface area contributed by atoms with Crippen molar-refractivity contribution in [3.05, 3.63) is 49.2 Å². The van der Waals surface area contributed by atoms with Gasteiger partial charge in [0.2, 0.25) is 11.8 Å². The number of ether oxygens (including phenoxy) is 4. The van der Waals surface area contributed by atoms with Gasteiger partial charge in [-0.15, -0.1) is 6.58 Å². The predicted molar refractivity (Wildman–Crippen MR) is 185 cm³/mol. The van der Waals surface area contributed by atoms with Gasteiger partial charge in [0.1, 0.15) is 29.6 Å². The monoisotopic (exact) mass is 699 g/mol. The van der Waals surface area contributed by atoms with E-state index < -0.39 is 70.3 Å². The second-order valence-corrected chi connectivity index (χ2v) is 15.3. The van der Waals surface area contributed by atoms with Crippen LogP contribution in [0.2, 0.25) is 0 Å². The molecular weight excluding hydrogens is 648 g/mol. The molecule has 1 aromatic carbocycles. The number of halogens is 2. The highest BCUT2D eigenvalue weighted by Gasteiger charge is 2.53. The molecule has 2 fully saturated rings. The third-order valence-electron chi connectivity index (χ3n) is 9.27. The normalized spacial score (nSPS) is 22.8. The third-order valence-corrected chi connectivity index (χ3v) is 9.27. The summed E-state index contributed by atoms with van der Waals surface area (Å²) in [6, 6.07) is 3.52. The first-order valence-corrected chi connectivity index (χ1v) is 17.2. The lowest BCUT2D eigenvalue weighted by Crippen LogP contribution is -2.50. The number of fused-ring (bicyclic) bond motifs is 1. The summed E-state index contributed by atoms with van der Waals surface area (Å²) in [5.41, 5.74) is -1.90. The van der Waals surface area contributed by atoms with E-state index in [0.29, 0.717) is 18.2 Å². The summed E-state index contributed by atoms with van der Waals surface area (Å²) in [4.78, 5) is 51.6. The average molecular weight is 700 g/mol. The number of rotatable bonds is 14. The van der Waals surface area contributed by atoms with Gasteiger partial charge >= 0.3 is 17.9 Å². The van der Waals surface area contributed by atoms with Gasteiger partial charge in [0.15, 0.2) is 5.69 Å². The van der Waals surface area contributed by atoms with Gasteiger partial charge < -0.3 is 23.8 Å². The molecule has 0 bridgehead atoms. The Labute approximate surface area is 293 Å². The number of methoxy groups -OCH3 is 1. The van der Waals surface area contributed by atoms with E-state index >= 15 is 8.78 Å². The lowest BCUT2D eigenvalue weighted by molar-refractivity contribution is -0.167. The van der Waals surface area contributed by atoms with Gasteiger partial charge in [-0.25, -0.2) is 14.8 Å². The van der Waals surface area contributed by atoms with Gasteiger partial charge in [-0.05, 0) is 76.0 Å². The van der Waals surface area contributed by atoms with Crippen LogP contribution >= 0.6 is 0 Å². The van der Waals surface area contributed by atoms with E-state index in [1.807, 2.05) is 33.8 Å². The molecule has 0 N–H and O–H groups in total. The quantitative estimate of drug-likeness (QED) is 0.149. The van der Waals surface area contributed by atoms with Crippen LogP contribution in [0.1, 0.15) is 86.3 Å². The number of hydrogen-bond donors (Lipinski definition) is 0. The molecule has 4 rings (SSSR count). The SMILES string of the molecule is C=CCC[C@@H]1C[C@H]1OC(=O)C[C@H](C(=O)N1C[C@H](Oc2nc3cc(OC)ccc3nc2C(F)(F)C=C)[C@@H](CC)[C@H]1C(=O)OC(C)(C)C)C(C)(C)C. The minimum absolute atomic E-state index is 0.147. The van der Waals surface area contributed by atoms with Crippen molar-refractivity contribution in [2.75, 3.05) is 13.7 Å². The Bertz CT molecular complexity index is 1600. The van der Waals surface area contributed by atoms with E-state index in [1.54, 1.807) is 32.9 Å². The first-order valence-electron chi connectivity index (χ1n) is 17.2. The van der Waals surface area contributed by atoms with E-state index in [4.69, 9.17) is 18.9 Å². The number of alkyl halides is 2. The summed E-state index contributed by atoms with van der Waals surface area (Å²) in [5.74, 6) is -6.50.